The highest BCUT2D eigenvalue weighted by Gasteiger charge is 2.20. The zero-order chi connectivity index (χ0) is 14.6. The Kier molecular flexibility index (Phi) is 5.54. The van der Waals surface area contributed by atoms with Gasteiger partial charge in [0.2, 0.25) is 0 Å². The third kappa shape index (κ3) is 4.35. The zero-order valence-corrected chi connectivity index (χ0v) is 12.5. The number of hydrogen-bond acceptors (Lipinski definition) is 3. The Labute approximate surface area is 115 Å². The summed E-state index contributed by atoms with van der Waals surface area (Å²) < 4.78 is 0. The van der Waals surface area contributed by atoms with Crippen molar-refractivity contribution < 1.29 is 9.90 Å². The van der Waals surface area contributed by atoms with E-state index in [0.29, 0.717) is 18.9 Å². The summed E-state index contributed by atoms with van der Waals surface area (Å²) in [5.41, 5.74) is 3.17. The van der Waals surface area contributed by atoms with Gasteiger partial charge in [0, 0.05) is 19.3 Å². The summed E-state index contributed by atoms with van der Waals surface area (Å²) in [4.78, 5) is 13.6. The maximum Gasteiger partial charge on any atom is 0.251 e. The molecule has 0 bridgehead atoms. The molecular formula is C14H25N3O2. The second-order valence-electron chi connectivity index (χ2n) is 5.57. The smallest absolute Gasteiger partial charge is 0.251 e. The molecule has 1 heterocycles. The van der Waals surface area contributed by atoms with Crippen molar-refractivity contribution in [1.82, 2.24) is 15.1 Å². The Hall–Kier alpha value is -1.36. The first kappa shape index (κ1) is 15.7. The van der Waals surface area contributed by atoms with Crippen LogP contribution < -0.4 is 0 Å². The lowest BCUT2D eigenvalue weighted by Crippen LogP contribution is -2.38. The molecule has 1 aromatic heterocycles. The minimum atomic E-state index is -0.892. The fraction of sp³-hybridized carbons (Fsp3) is 0.714. The van der Waals surface area contributed by atoms with Crippen LogP contribution in [0.5, 0.6) is 0 Å². The number of aliphatic hydroxyl groups is 1. The molecule has 0 aliphatic rings. The molecule has 5 nitrogen and oxygen atoms in total. The Balaban J connectivity index is 2.51. The Morgan fingerprint density at radius 2 is 2.05 bits per heavy atom. The van der Waals surface area contributed by atoms with E-state index in [0.717, 1.165) is 23.4 Å². The van der Waals surface area contributed by atoms with Crippen LogP contribution in [0.25, 0.3) is 0 Å². The summed E-state index contributed by atoms with van der Waals surface area (Å²) in [7, 11) is 1.73. The first-order valence-corrected chi connectivity index (χ1v) is 6.76. The molecular weight excluding hydrogens is 242 g/mol. The summed E-state index contributed by atoms with van der Waals surface area (Å²) in [6.45, 7) is 8.51. The van der Waals surface area contributed by atoms with E-state index in [1.165, 1.54) is 0 Å². The van der Waals surface area contributed by atoms with E-state index in [1.807, 2.05) is 27.7 Å². The fourth-order valence-electron chi connectivity index (χ4n) is 2.13. The summed E-state index contributed by atoms with van der Waals surface area (Å²) in [5.74, 6) is 0.109. The Morgan fingerprint density at radius 1 is 1.42 bits per heavy atom. The number of aromatic nitrogens is 2. The molecule has 1 amide bonds. The molecule has 108 valence electrons. The normalized spacial score (nSPS) is 12.8. The minimum Gasteiger partial charge on any atom is -0.383 e. The van der Waals surface area contributed by atoms with Crippen LogP contribution in [-0.4, -0.2) is 45.8 Å². The zero-order valence-electron chi connectivity index (χ0n) is 12.5. The number of aromatic amines is 1. The van der Waals surface area contributed by atoms with Gasteiger partial charge < -0.3 is 10.0 Å². The minimum absolute atomic E-state index is 0.201. The SMILES string of the molecule is Cc1n[nH]c(C)c1CCN(C)C(=O)[C@@H](O)CC(C)C. The summed E-state index contributed by atoms with van der Waals surface area (Å²) in [6.07, 6.45) is 0.370. The van der Waals surface area contributed by atoms with Crippen LogP contribution in [0, 0.1) is 19.8 Å². The van der Waals surface area contributed by atoms with Gasteiger partial charge in [0.1, 0.15) is 6.10 Å². The lowest BCUT2D eigenvalue weighted by atomic mass is 10.0. The van der Waals surface area contributed by atoms with Gasteiger partial charge in [-0.2, -0.15) is 5.10 Å². The predicted molar refractivity (Wildman–Crippen MR) is 74.9 cm³/mol. The van der Waals surface area contributed by atoms with Gasteiger partial charge in [-0.25, -0.2) is 0 Å². The van der Waals surface area contributed by atoms with E-state index < -0.39 is 6.10 Å². The highest BCUT2D eigenvalue weighted by atomic mass is 16.3. The van der Waals surface area contributed by atoms with Crippen LogP contribution in [0.2, 0.25) is 0 Å². The molecule has 0 fully saturated rings. The van der Waals surface area contributed by atoms with Gasteiger partial charge in [0.15, 0.2) is 0 Å². The molecule has 0 aromatic carbocycles. The van der Waals surface area contributed by atoms with Crippen molar-refractivity contribution >= 4 is 5.91 Å². The second-order valence-corrected chi connectivity index (χ2v) is 5.57. The quantitative estimate of drug-likeness (QED) is 0.819. The van der Waals surface area contributed by atoms with Crippen molar-refractivity contribution in [2.75, 3.05) is 13.6 Å². The topological polar surface area (TPSA) is 69.2 Å². The number of hydrogen-bond donors (Lipinski definition) is 2. The lowest BCUT2D eigenvalue weighted by molar-refractivity contribution is -0.139. The number of nitrogens with zero attached hydrogens (tertiary/aromatic N) is 2. The van der Waals surface area contributed by atoms with E-state index in [-0.39, 0.29) is 5.91 Å². The molecule has 0 aliphatic carbocycles. The van der Waals surface area contributed by atoms with Crippen molar-refractivity contribution in [2.24, 2.45) is 5.92 Å². The van der Waals surface area contributed by atoms with Crippen molar-refractivity contribution in [3.63, 3.8) is 0 Å². The number of H-pyrrole nitrogens is 1. The van der Waals surface area contributed by atoms with Gasteiger partial charge in [-0.05, 0) is 38.2 Å². The summed E-state index contributed by atoms with van der Waals surface area (Å²) in [6, 6.07) is 0. The molecule has 0 radical (unpaired) electrons. The van der Waals surface area contributed by atoms with E-state index >= 15 is 0 Å². The van der Waals surface area contributed by atoms with Crippen LogP contribution in [0.4, 0.5) is 0 Å². The average molecular weight is 267 g/mol. The number of carbonyl (C=O) groups excluding carboxylic acids is 1. The highest BCUT2D eigenvalue weighted by Crippen LogP contribution is 2.11. The Morgan fingerprint density at radius 3 is 2.53 bits per heavy atom. The molecule has 19 heavy (non-hydrogen) atoms. The molecule has 1 atom stereocenters. The molecule has 1 rings (SSSR count). The molecule has 0 aliphatic heterocycles. The van der Waals surface area contributed by atoms with Gasteiger partial charge in [0.25, 0.3) is 5.91 Å². The molecule has 0 spiro atoms. The largest absolute Gasteiger partial charge is 0.383 e. The molecule has 0 unspecified atom stereocenters. The number of aliphatic hydroxyl groups excluding tert-OH is 1. The van der Waals surface area contributed by atoms with Crippen molar-refractivity contribution in [1.29, 1.82) is 0 Å². The van der Waals surface area contributed by atoms with Crippen molar-refractivity contribution in [3.05, 3.63) is 17.0 Å². The van der Waals surface area contributed by atoms with Gasteiger partial charge in [0.05, 0.1) is 5.69 Å². The molecule has 1 aromatic rings. The van der Waals surface area contributed by atoms with Crippen LogP contribution >= 0.6 is 0 Å². The third-order valence-electron chi connectivity index (χ3n) is 3.33. The van der Waals surface area contributed by atoms with Crippen LogP contribution in [0.15, 0.2) is 0 Å². The molecule has 5 heteroatoms. The van der Waals surface area contributed by atoms with E-state index in [2.05, 4.69) is 10.2 Å². The maximum absolute atomic E-state index is 12.0. The number of likely N-dealkylation sites (N-methyl/N-ethyl adjacent to an activating group) is 1. The van der Waals surface area contributed by atoms with Gasteiger partial charge in [-0.3, -0.25) is 9.89 Å². The number of aryl methyl sites for hydroxylation is 2. The van der Waals surface area contributed by atoms with Crippen LogP contribution in [-0.2, 0) is 11.2 Å². The lowest BCUT2D eigenvalue weighted by Gasteiger charge is -2.21. The first-order chi connectivity index (χ1) is 8.82. The van der Waals surface area contributed by atoms with E-state index in [1.54, 1.807) is 11.9 Å². The fourth-order valence-corrected chi connectivity index (χ4v) is 2.13. The molecule has 2 N–H and O–H groups in total. The second kappa shape index (κ2) is 6.70. The van der Waals surface area contributed by atoms with Crippen LogP contribution in [0.3, 0.4) is 0 Å². The number of nitrogens with one attached hydrogen (secondary N) is 1. The average Bonchev–Trinajstić information content (AvgIpc) is 2.64. The predicted octanol–water partition coefficient (Wildman–Crippen LogP) is 1.43. The number of amides is 1. The third-order valence-corrected chi connectivity index (χ3v) is 3.33. The first-order valence-electron chi connectivity index (χ1n) is 6.76. The van der Waals surface area contributed by atoms with E-state index in [9.17, 15) is 9.90 Å². The van der Waals surface area contributed by atoms with Crippen LogP contribution in [0.1, 0.15) is 37.2 Å². The summed E-state index contributed by atoms with van der Waals surface area (Å²) >= 11 is 0. The molecule has 0 saturated carbocycles. The van der Waals surface area contributed by atoms with Gasteiger partial charge in [-0.1, -0.05) is 13.8 Å². The van der Waals surface area contributed by atoms with Crippen molar-refractivity contribution in [3.8, 4) is 0 Å². The van der Waals surface area contributed by atoms with Crippen molar-refractivity contribution in [2.45, 2.75) is 46.6 Å². The highest BCUT2D eigenvalue weighted by molar-refractivity contribution is 5.80. The number of rotatable bonds is 6. The standard InChI is InChI=1S/C14H25N3O2/c1-9(2)8-13(18)14(19)17(5)7-6-12-10(3)15-16-11(12)4/h9,13,18H,6-8H2,1-5H3,(H,15,16)/t13-/m0/s1. The monoisotopic (exact) mass is 267 g/mol. The molecule has 0 saturated heterocycles. The summed E-state index contributed by atoms with van der Waals surface area (Å²) in [5, 5.41) is 16.9. The van der Waals surface area contributed by atoms with Gasteiger partial charge in [-0.15, -0.1) is 0 Å². The number of carbonyl (C=O) groups is 1. The maximum atomic E-state index is 12.0. The van der Waals surface area contributed by atoms with Gasteiger partial charge >= 0.3 is 0 Å². The Bertz CT molecular complexity index is 407. The van der Waals surface area contributed by atoms with E-state index in [4.69, 9.17) is 0 Å².